The number of carbonyl (C=O) groups is 4. The summed E-state index contributed by atoms with van der Waals surface area (Å²) in [7, 11) is -3.44. The fourth-order valence-corrected chi connectivity index (χ4v) is 5.30. The highest BCUT2D eigenvalue weighted by atomic mass is 32.2. The van der Waals surface area contributed by atoms with E-state index in [4.69, 9.17) is 32.6 Å². The van der Waals surface area contributed by atoms with Crippen molar-refractivity contribution < 1.29 is 60.2 Å². The van der Waals surface area contributed by atoms with Gasteiger partial charge in [0.1, 0.15) is 18.5 Å². The summed E-state index contributed by atoms with van der Waals surface area (Å²) < 4.78 is 60.4. The van der Waals surface area contributed by atoms with Crippen molar-refractivity contribution in [3.8, 4) is 5.75 Å². The Balaban J connectivity index is 1.70. The third-order valence-electron chi connectivity index (χ3n) is 6.69. The van der Waals surface area contributed by atoms with E-state index in [9.17, 15) is 27.6 Å². The molecular formula is C28H40N2O13S. The van der Waals surface area contributed by atoms with Crippen LogP contribution in [0, 0.1) is 0 Å². The third kappa shape index (κ3) is 11.2. The van der Waals surface area contributed by atoms with Crippen molar-refractivity contribution in [1.82, 2.24) is 4.90 Å². The molecule has 1 aromatic rings. The Morgan fingerprint density at radius 2 is 1.39 bits per heavy atom. The van der Waals surface area contributed by atoms with Crippen LogP contribution >= 0.6 is 0 Å². The zero-order chi connectivity index (χ0) is 32.4. The molecule has 2 aliphatic rings. The largest absolute Gasteiger partial charge is 0.463 e. The number of nitrogens with zero attached hydrogens (tertiary/aromatic N) is 2. The first kappa shape index (κ1) is 35.0. The van der Waals surface area contributed by atoms with Crippen molar-refractivity contribution in [1.29, 1.82) is 0 Å². The number of hydrogen-bond acceptors (Lipinski definition) is 15. The van der Waals surface area contributed by atoms with E-state index in [2.05, 4.69) is 9.80 Å². The molecule has 0 bridgehead atoms. The maximum Gasteiger partial charge on any atom is 0.303 e. The van der Waals surface area contributed by atoms with Crippen molar-refractivity contribution >= 4 is 39.7 Å². The minimum absolute atomic E-state index is 0.153. The molecule has 3 rings (SSSR count). The van der Waals surface area contributed by atoms with E-state index < -0.39 is 64.7 Å². The van der Waals surface area contributed by atoms with Gasteiger partial charge in [-0.15, -0.1) is 0 Å². The fraction of sp³-hybridized carbons (Fsp3) is 0.643. The maximum atomic E-state index is 12.0. The van der Waals surface area contributed by atoms with E-state index in [0.717, 1.165) is 65.4 Å². The molecule has 0 amide bonds. The van der Waals surface area contributed by atoms with Crippen molar-refractivity contribution in [3.63, 3.8) is 0 Å². The summed E-state index contributed by atoms with van der Waals surface area (Å²) in [5.41, 5.74) is 0.943. The Hall–Kier alpha value is -3.47. The normalized spacial score (nSPS) is 24.2. The smallest absolute Gasteiger partial charge is 0.303 e. The third-order valence-corrected chi connectivity index (χ3v) is 7.29. The Labute approximate surface area is 256 Å². The van der Waals surface area contributed by atoms with E-state index >= 15 is 0 Å². The molecule has 16 heteroatoms. The van der Waals surface area contributed by atoms with Crippen molar-refractivity contribution in [2.45, 2.75) is 64.8 Å². The van der Waals surface area contributed by atoms with Crippen LogP contribution in [0.25, 0.3) is 0 Å². The Morgan fingerprint density at radius 3 is 1.93 bits per heavy atom. The predicted octanol–water partition coefficient (Wildman–Crippen LogP) is 0.637. The Bertz CT molecular complexity index is 1250. The lowest BCUT2D eigenvalue weighted by Gasteiger charge is -2.43. The minimum atomic E-state index is -3.44. The number of ether oxygens (including phenoxy) is 6. The van der Waals surface area contributed by atoms with Crippen LogP contribution in [0.15, 0.2) is 24.3 Å². The summed E-state index contributed by atoms with van der Waals surface area (Å²) in [5, 5.41) is 0. The second kappa shape index (κ2) is 16.0. The molecule has 44 heavy (non-hydrogen) atoms. The predicted molar refractivity (Wildman–Crippen MR) is 153 cm³/mol. The molecule has 2 aliphatic heterocycles. The molecule has 0 unspecified atom stereocenters. The first-order valence-electron chi connectivity index (χ1n) is 14.1. The molecule has 5 atom stereocenters. The van der Waals surface area contributed by atoms with Gasteiger partial charge in [-0.05, 0) is 30.7 Å². The number of carbonyl (C=O) groups excluding carboxylic acids is 4. The highest BCUT2D eigenvalue weighted by Crippen LogP contribution is 2.31. The molecule has 1 aromatic carbocycles. The molecule has 0 aliphatic carbocycles. The number of esters is 4. The Kier molecular flexibility index (Phi) is 12.7. The number of benzene rings is 1. The number of hydrogen-bond donors (Lipinski definition) is 0. The average Bonchev–Trinajstić information content (AvgIpc) is 2.93. The van der Waals surface area contributed by atoms with Crippen LogP contribution < -0.4 is 9.64 Å². The number of piperazine rings is 1. The van der Waals surface area contributed by atoms with Crippen molar-refractivity contribution in [3.05, 3.63) is 24.3 Å². The van der Waals surface area contributed by atoms with E-state index in [-0.39, 0.29) is 13.2 Å². The summed E-state index contributed by atoms with van der Waals surface area (Å²) in [6, 6.07) is 7.13. The van der Waals surface area contributed by atoms with Gasteiger partial charge in [0.2, 0.25) is 12.4 Å². The monoisotopic (exact) mass is 644 g/mol. The van der Waals surface area contributed by atoms with Gasteiger partial charge in [-0.3, -0.25) is 28.3 Å². The van der Waals surface area contributed by atoms with Crippen LogP contribution in [0.5, 0.6) is 5.75 Å². The first-order chi connectivity index (χ1) is 20.7. The van der Waals surface area contributed by atoms with Crippen molar-refractivity contribution in [2.75, 3.05) is 57.1 Å². The van der Waals surface area contributed by atoms with Crippen LogP contribution in [0.1, 0.15) is 34.1 Å². The van der Waals surface area contributed by atoms with Crippen LogP contribution in [0.2, 0.25) is 0 Å². The second-order valence-electron chi connectivity index (χ2n) is 10.4. The van der Waals surface area contributed by atoms with Crippen molar-refractivity contribution in [2.24, 2.45) is 0 Å². The lowest BCUT2D eigenvalue weighted by Crippen LogP contribution is -2.63. The second-order valence-corrected chi connectivity index (χ2v) is 12.0. The molecule has 15 nitrogen and oxygen atoms in total. The van der Waals surface area contributed by atoms with Gasteiger partial charge >= 0.3 is 23.9 Å². The van der Waals surface area contributed by atoms with E-state index in [1.807, 2.05) is 12.1 Å². The van der Waals surface area contributed by atoms with Crippen LogP contribution in [0.3, 0.4) is 0 Å². The van der Waals surface area contributed by atoms with E-state index in [1.54, 1.807) is 12.1 Å². The highest BCUT2D eigenvalue weighted by Gasteiger charge is 2.53. The number of rotatable bonds is 13. The van der Waals surface area contributed by atoms with Gasteiger partial charge in [-0.25, -0.2) is 0 Å². The van der Waals surface area contributed by atoms with Gasteiger partial charge in [0, 0.05) is 66.1 Å². The topological polar surface area (TPSA) is 174 Å². The molecule has 246 valence electrons. The maximum absolute atomic E-state index is 12.0. The van der Waals surface area contributed by atoms with Crippen LogP contribution in [-0.2, 0) is 57.2 Å². The standard InChI is InChI=1S/C28H40N2O13S/c1-18(31)37-17-24-25(39-19(2)32)26(40-20(3)33)27(41-21(4)34)28(43-24)42-23-9-7-22(8-10-23)30-14-12-29(13-15-30)11-6-16-38-44(5,35)36/h7-10,24-28H,6,11-17H2,1-5H3/t24-,25+,26+,27-,28-/m1/s1. The van der Waals surface area contributed by atoms with Gasteiger partial charge < -0.3 is 33.3 Å². The first-order valence-corrected chi connectivity index (χ1v) is 15.9. The Morgan fingerprint density at radius 1 is 0.818 bits per heavy atom. The average molecular weight is 645 g/mol. The lowest BCUT2D eigenvalue weighted by molar-refractivity contribution is -0.288. The molecule has 0 N–H and O–H groups in total. The van der Waals surface area contributed by atoms with Gasteiger partial charge in [-0.2, -0.15) is 8.42 Å². The zero-order valence-electron chi connectivity index (χ0n) is 25.5. The molecule has 0 spiro atoms. The summed E-state index contributed by atoms with van der Waals surface area (Å²) in [5.74, 6) is -2.44. The SMILES string of the molecule is CC(=O)OC[C@H]1O[C@@H](Oc2ccc(N3CCN(CCCOS(C)(=O)=O)CC3)cc2)[C@H](OC(C)=O)[C@@H](OC(C)=O)[C@H]1OC(C)=O. The molecule has 2 fully saturated rings. The summed E-state index contributed by atoms with van der Waals surface area (Å²) >= 11 is 0. The van der Waals surface area contributed by atoms with E-state index in [1.165, 1.54) is 6.92 Å². The summed E-state index contributed by atoms with van der Waals surface area (Å²) in [6.45, 7) is 8.28. The highest BCUT2D eigenvalue weighted by molar-refractivity contribution is 7.85. The minimum Gasteiger partial charge on any atom is -0.463 e. The molecule has 2 heterocycles. The molecule has 2 saturated heterocycles. The fourth-order valence-electron chi connectivity index (χ4n) is 4.88. The van der Waals surface area contributed by atoms with Crippen LogP contribution in [-0.4, -0.2) is 120 Å². The van der Waals surface area contributed by atoms with Gasteiger partial charge in [0.25, 0.3) is 10.1 Å². The van der Waals surface area contributed by atoms with Crippen LogP contribution in [0.4, 0.5) is 5.69 Å². The molecule has 0 saturated carbocycles. The molecule has 0 radical (unpaired) electrons. The number of anilines is 1. The van der Waals surface area contributed by atoms with E-state index in [0.29, 0.717) is 12.2 Å². The lowest BCUT2D eigenvalue weighted by atomic mass is 9.98. The zero-order valence-corrected chi connectivity index (χ0v) is 26.3. The molecular weight excluding hydrogens is 604 g/mol. The quantitative estimate of drug-likeness (QED) is 0.127. The van der Waals surface area contributed by atoms with Gasteiger partial charge in [0.05, 0.1) is 12.9 Å². The summed E-state index contributed by atoms with van der Waals surface area (Å²) in [6.07, 6.45) is -4.72. The van der Waals surface area contributed by atoms with Gasteiger partial charge in [0.15, 0.2) is 12.2 Å². The molecule has 0 aromatic heterocycles. The van der Waals surface area contributed by atoms with Gasteiger partial charge in [-0.1, -0.05) is 0 Å². The summed E-state index contributed by atoms with van der Waals surface area (Å²) in [4.78, 5) is 51.9.